The Balaban J connectivity index is 2.13. The van der Waals surface area contributed by atoms with E-state index in [4.69, 9.17) is 9.88 Å². The van der Waals surface area contributed by atoms with Crippen molar-refractivity contribution in [3.8, 4) is 0 Å². The highest BCUT2D eigenvalue weighted by molar-refractivity contribution is 7.89. The van der Waals surface area contributed by atoms with E-state index < -0.39 is 10.0 Å². The molecule has 5 nitrogen and oxygen atoms in total. The average Bonchev–Trinajstić information content (AvgIpc) is 2.38. The molecule has 100 valence electrons. The second kappa shape index (κ2) is 5.36. The van der Waals surface area contributed by atoms with Crippen LogP contribution in [0.4, 0.5) is 0 Å². The zero-order valence-corrected chi connectivity index (χ0v) is 11.2. The smallest absolute Gasteiger partial charge is 0.238 e. The normalized spacial score (nSPS) is 19.7. The quantitative estimate of drug-likeness (QED) is 0.878. The number of nitrogens with zero attached hydrogens (tertiary/aromatic N) is 1. The van der Waals surface area contributed by atoms with Crippen LogP contribution in [-0.4, -0.2) is 39.6 Å². The molecule has 2 N–H and O–H groups in total. The molecule has 1 fully saturated rings. The minimum absolute atomic E-state index is 0.153. The van der Waals surface area contributed by atoms with Crippen LogP contribution in [0.5, 0.6) is 0 Å². The lowest BCUT2D eigenvalue weighted by Crippen LogP contribution is -2.38. The fourth-order valence-electron chi connectivity index (χ4n) is 2.11. The lowest BCUT2D eigenvalue weighted by molar-refractivity contribution is 0.0198. The zero-order valence-electron chi connectivity index (χ0n) is 10.4. The molecule has 0 aliphatic carbocycles. The Hall–Kier alpha value is -0.950. The van der Waals surface area contributed by atoms with E-state index in [0.29, 0.717) is 0 Å². The van der Waals surface area contributed by atoms with E-state index in [1.54, 1.807) is 12.1 Å². The number of hydrogen-bond acceptors (Lipinski definition) is 4. The van der Waals surface area contributed by atoms with E-state index in [0.717, 1.165) is 31.9 Å². The van der Waals surface area contributed by atoms with Gasteiger partial charge in [0.25, 0.3) is 0 Å². The highest BCUT2D eigenvalue weighted by Crippen LogP contribution is 2.22. The van der Waals surface area contributed by atoms with Gasteiger partial charge in [-0.15, -0.1) is 0 Å². The van der Waals surface area contributed by atoms with E-state index in [-0.39, 0.29) is 10.9 Å². The van der Waals surface area contributed by atoms with Gasteiger partial charge in [-0.3, -0.25) is 4.90 Å². The van der Waals surface area contributed by atoms with Crippen LogP contribution in [-0.2, 0) is 14.8 Å². The molecule has 18 heavy (non-hydrogen) atoms. The minimum atomic E-state index is -3.60. The third-order valence-electron chi connectivity index (χ3n) is 3.28. The van der Waals surface area contributed by atoms with Crippen molar-refractivity contribution in [1.29, 1.82) is 0 Å². The second-order valence-corrected chi connectivity index (χ2v) is 6.00. The molecule has 0 saturated carbocycles. The molecule has 1 unspecified atom stereocenters. The van der Waals surface area contributed by atoms with Gasteiger partial charge in [0.05, 0.1) is 18.1 Å². The summed E-state index contributed by atoms with van der Waals surface area (Å²) in [7, 11) is -3.60. The lowest BCUT2D eigenvalue weighted by atomic mass is 10.1. The summed E-state index contributed by atoms with van der Waals surface area (Å²) in [6.45, 7) is 5.41. The maximum absolute atomic E-state index is 11.2. The number of primary sulfonamides is 1. The molecule has 2 rings (SSSR count). The summed E-state index contributed by atoms with van der Waals surface area (Å²) < 4.78 is 27.6. The number of nitrogens with two attached hydrogens (primary N) is 1. The van der Waals surface area contributed by atoms with Gasteiger partial charge in [-0.1, -0.05) is 12.1 Å². The van der Waals surface area contributed by atoms with Crippen LogP contribution in [0.25, 0.3) is 0 Å². The van der Waals surface area contributed by atoms with Gasteiger partial charge in [0, 0.05) is 19.1 Å². The number of morpholine rings is 1. The molecule has 1 aliphatic heterocycles. The maximum Gasteiger partial charge on any atom is 0.238 e. The molecule has 1 saturated heterocycles. The van der Waals surface area contributed by atoms with Crippen LogP contribution >= 0.6 is 0 Å². The average molecular weight is 270 g/mol. The van der Waals surface area contributed by atoms with E-state index >= 15 is 0 Å². The fraction of sp³-hybridized carbons (Fsp3) is 0.500. The Bertz CT molecular complexity index is 493. The van der Waals surface area contributed by atoms with Crippen molar-refractivity contribution in [1.82, 2.24) is 4.90 Å². The first kappa shape index (κ1) is 13.5. The van der Waals surface area contributed by atoms with Crippen molar-refractivity contribution in [3.63, 3.8) is 0 Å². The summed E-state index contributed by atoms with van der Waals surface area (Å²) in [5.74, 6) is 0. The summed E-state index contributed by atoms with van der Waals surface area (Å²) in [5, 5.41) is 5.07. The van der Waals surface area contributed by atoms with Gasteiger partial charge in [0.2, 0.25) is 10.0 Å². The standard InChI is InChI=1S/C12H18N2O3S/c1-10(14-6-8-17-9-7-14)11-2-4-12(5-3-11)18(13,15)16/h2-5,10H,6-9H2,1H3,(H2,13,15,16). The van der Waals surface area contributed by atoms with E-state index in [9.17, 15) is 8.42 Å². The molecule has 6 heteroatoms. The Morgan fingerprint density at radius 1 is 1.22 bits per heavy atom. The topological polar surface area (TPSA) is 72.6 Å². The van der Waals surface area contributed by atoms with E-state index in [1.165, 1.54) is 0 Å². The largest absolute Gasteiger partial charge is 0.379 e. The molecule has 0 bridgehead atoms. The second-order valence-electron chi connectivity index (χ2n) is 4.44. The van der Waals surface area contributed by atoms with Crippen LogP contribution in [0, 0.1) is 0 Å². The van der Waals surface area contributed by atoms with Gasteiger partial charge >= 0.3 is 0 Å². The van der Waals surface area contributed by atoms with Crippen molar-refractivity contribution in [2.75, 3.05) is 26.3 Å². The maximum atomic E-state index is 11.2. The molecule has 1 heterocycles. The Kier molecular flexibility index (Phi) is 4.01. The highest BCUT2D eigenvalue weighted by Gasteiger charge is 2.18. The van der Waals surface area contributed by atoms with E-state index in [1.807, 2.05) is 12.1 Å². The van der Waals surface area contributed by atoms with Crippen LogP contribution < -0.4 is 5.14 Å². The number of sulfonamides is 1. The summed E-state index contributed by atoms with van der Waals surface area (Å²) in [5.41, 5.74) is 1.09. The van der Waals surface area contributed by atoms with Crippen molar-refractivity contribution < 1.29 is 13.2 Å². The van der Waals surface area contributed by atoms with Crippen molar-refractivity contribution in [3.05, 3.63) is 29.8 Å². The monoisotopic (exact) mass is 270 g/mol. The fourth-order valence-corrected chi connectivity index (χ4v) is 2.63. The van der Waals surface area contributed by atoms with E-state index in [2.05, 4.69) is 11.8 Å². The molecule has 1 aromatic rings. The first-order chi connectivity index (χ1) is 8.48. The molecule has 0 spiro atoms. The number of rotatable bonds is 3. The van der Waals surface area contributed by atoms with Crippen LogP contribution in [0.1, 0.15) is 18.5 Å². The molecule has 0 radical (unpaired) electrons. The SMILES string of the molecule is CC(c1ccc(S(N)(=O)=O)cc1)N1CCOCC1. The molecular formula is C12H18N2O3S. The Morgan fingerprint density at radius 3 is 2.28 bits per heavy atom. The Morgan fingerprint density at radius 2 is 1.78 bits per heavy atom. The Labute approximate surface area is 108 Å². The zero-order chi connectivity index (χ0) is 13.2. The summed E-state index contributed by atoms with van der Waals surface area (Å²) in [4.78, 5) is 2.47. The first-order valence-electron chi connectivity index (χ1n) is 5.93. The molecule has 0 amide bonds. The van der Waals surface area contributed by atoms with Gasteiger partial charge in [0.15, 0.2) is 0 Å². The molecule has 0 aromatic heterocycles. The third kappa shape index (κ3) is 3.08. The summed E-state index contributed by atoms with van der Waals surface area (Å²) >= 11 is 0. The van der Waals surface area contributed by atoms with Gasteiger partial charge in [-0.25, -0.2) is 13.6 Å². The van der Waals surface area contributed by atoms with Crippen LogP contribution in [0.2, 0.25) is 0 Å². The lowest BCUT2D eigenvalue weighted by Gasteiger charge is -2.32. The first-order valence-corrected chi connectivity index (χ1v) is 7.47. The molecule has 1 atom stereocenters. The van der Waals surface area contributed by atoms with Crippen molar-refractivity contribution >= 4 is 10.0 Å². The van der Waals surface area contributed by atoms with Gasteiger partial charge < -0.3 is 4.74 Å². The van der Waals surface area contributed by atoms with Gasteiger partial charge in [-0.05, 0) is 24.6 Å². The number of ether oxygens (including phenoxy) is 1. The van der Waals surface area contributed by atoms with Crippen molar-refractivity contribution in [2.45, 2.75) is 17.9 Å². The van der Waals surface area contributed by atoms with Crippen molar-refractivity contribution in [2.24, 2.45) is 5.14 Å². The minimum Gasteiger partial charge on any atom is -0.379 e. The molecular weight excluding hydrogens is 252 g/mol. The molecule has 1 aromatic carbocycles. The van der Waals surface area contributed by atoms with Gasteiger partial charge in [0.1, 0.15) is 0 Å². The predicted octanol–water partition coefficient (Wildman–Crippen LogP) is 0.727. The highest BCUT2D eigenvalue weighted by atomic mass is 32.2. The molecule has 1 aliphatic rings. The van der Waals surface area contributed by atoms with Gasteiger partial charge in [-0.2, -0.15) is 0 Å². The van der Waals surface area contributed by atoms with Crippen LogP contribution in [0.3, 0.4) is 0 Å². The third-order valence-corrected chi connectivity index (χ3v) is 4.21. The van der Waals surface area contributed by atoms with Crippen LogP contribution in [0.15, 0.2) is 29.2 Å². The number of hydrogen-bond donors (Lipinski definition) is 1. The number of benzene rings is 1. The summed E-state index contributed by atoms with van der Waals surface area (Å²) in [6.07, 6.45) is 0. The predicted molar refractivity (Wildman–Crippen MR) is 68.6 cm³/mol. The summed E-state index contributed by atoms with van der Waals surface area (Å²) in [6, 6.07) is 7.01.